The molecule has 8 heavy (non-hydrogen) atoms. The molecular weight excluding hydrogens is 170 g/mol. The average molecular weight is 176 g/mol. The van der Waals surface area contributed by atoms with Crippen molar-refractivity contribution in [3.8, 4) is 0 Å². The van der Waals surface area contributed by atoms with Crippen LogP contribution in [0.2, 0.25) is 0 Å². The number of aromatic nitrogens is 3. The van der Waals surface area contributed by atoms with Gasteiger partial charge in [-0.05, 0) is 22.9 Å². The molecule has 0 aliphatic rings. The van der Waals surface area contributed by atoms with E-state index in [1.54, 1.807) is 4.68 Å². The monoisotopic (exact) mass is 175 g/mol. The second kappa shape index (κ2) is 1.85. The van der Waals surface area contributed by atoms with Crippen LogP contribution in [0.5, 0.6) is 0 Å². The minimum atomic E-state index is 0.924. The minimum Gasteiger partial charge on any atom is -0.241 e. The maximum absolute atomic E-state index is 3.78. The van der Waals surface area contributed by atoms with Crippen LogP contribution in [0, 0.1) is 6.92 Å². The lowest BCUT2D eigenvalue weighted by Crippen LogP contribution is -1.88. The molecule has 0 saturated carbocycles. The molecule has 0 fully saturated rings. The van der Waals surface area contributed by atoms with Crippen molar-refractivity contribution < 1.29 is 0 Å². The third kappa shape index (κ3) is 0.753. The van der Waals surface area contributed by atoms with Gasteiger partial charge in [-0.25, -0.2) is 4.68 Å². The zero-order valence-electron chi connectivity index (χ0n) is 4.72. The maximum Gasteiger partial charge on any atom is 0.126 e. The minimum absolute atomic E-state index is 0.924. The second-order valence-corrected chi connectivity index (χ2v) is 2.34. The fourth-order valence-corrected chi connectivity index (χ4v) is 0.599. The quantitative estimate of drug-likeness (QED) is 0.587. The summed E-state index contributed by atoms with van der Waals surface area (Å²) < 4.78 is 2.62. The number of halogens is 1. The van der Waals surface area contributed by atoms with Gasteiger partial charge in [-0.1, -0.05) is 5.21 Å². The van der Waals surface area contributed by atoms with Crippen molar-refractivity contribution in [2.24, 2.45) is 7.05 Å². The Labute approximate surface area is 55.8 Å². The van der Waals surface area contributed by atoms with E-state index in [4.69, 9.17) is 0 Å². The average Bonchev–Trinajstić information content (AvgIpc) is 1.98. The van der Waals surface area contributed by atoms with Gasteiger partial charge < -0.3 is 0 Å². The number of nitrogens with zero attached hydrogens (tertiary/aromatic N) is 3. The van der Waals surface area contributed by atoms with Crippen LogP contribution < -0.4 is 0 Å². The van der Waals surface area contributed by atoms with E-state index in [-0.39, 0.29) is 0 Å². The highest BCUT2D eigenvalue weighted by molar-refractivity contribution is 9.10. The van der Waals surface area contributed by atoms with Crippen molar-refractivity contribution in [3.05, 3.63) is 10.3 Å². The number of aryl methyl sites for hydroxylation is 2. The molecule has 0 atom stereocenters. The van der Waals surface area contributed by atoms with Crippen LogP contribution in [0.4, 0.5) is 0 Å². The third-order valence-electron chi connectivity index (χ3n) is 0.912. The summed E-state index contributed by atoms with van der Waals surface area (Å²) in [5, 5.41) is 7.52. The Kier molecular flexibility index (Phi) is 1.33. The molecule has 1 aromatic heterocycles. The predicted molar refractivity (Wildman–Crippen MR) is 33.4 cm³/mol. The van der Waals surface area contributed by atoms with Gasteiger partial charge in [-0.15, -0.1) is 5.10 Å². The van der Waals surface area contributed by atoms with Crippen LogP contribution in [0.3, 0.4) is 0 Å². The van der Waals surface area contributed by atoms with Gasteiger partial charge in [0, 0.05) is 7.05 Å². The molecule has 0 N–H and O–H groups in total. The van der Waals surface area contributed by atoms with Gasteiger partial charge in [-0.2, -0.15) is 0 Å². The first-order valence-electron chi connectivity index (χ1n) is 2.23. The summed E-state index contributed by atoms with van der Waals surface area (Å²) in [5.74, 6) is 0. The van der Waals surface area contributed by atoms with Crippen molar-refractivity contribution in [1.82, 2.24) is 15.0 Å². The summed E-state index contributed by atoms with van der Waals surface area (Å²) >= 11 is 3.29. The maximum atomic E-state index is 3.78. The van der Waals surface area contributed by atoms with Crippen LogP contribution >= 0.6 is 15.9 Å². The van der Waals surface area contributed by atoms with Crippen molar-refractivity contribution in [2.45, 2.75) is 6.92 Å². The molecule has 0 aliphatic carbocycles. The van der Waals surface area contributed by atoms with Gasteiger partial charge in [0.1, 0.15) is 4.60 Å². The molecule has 1 aromatic rings. The lowest BCUT2D eigenvalue weighted by Gasteiger charge is -1.85. The normalized spacial score (nSPS) is 9.88. The van der Waals surface area contributed by atoms with Crippen molar-refractivity contribution >= 4 is 15.9 Å². The predicted octanol–water partition coefficient (Wildman–Crippen LogP) is 0.886. The highest BCUT2D eigenvalue weighted by Gasteiger charge is 1.98. The Bertz CT molecular complexity index is 174. The third-order valence-corrected chi connectivity index (χ3v) is 2.00. The Morgan fingerprint density at radius 1 is 1.62 bits per heavy atom. The lowest BCUT2D eigenvalue weighted by molar-refractivity contribution is 0.702. The number of rotatable bonds is 0. The van der Waals surface area contributed by atoms with Crippen LogP contribution in [-0.2, 0) is 7.05 Å². The Morgan fingerprint density at radius 2 is 2.25 bits per heavy atom. The topological polar surface area (TPSA) is 30.7 Å². The smallest absolute Gasteiger partial charge is 0.126 e. The molecule has 0 unspecified atom stereocenters. The zero-order chi connectivity index (χ0) is 6.15. The van der Waals surface area contributed by atoms with E-state index in [1.807, 2.05) is 14.0 Å². The highest BCUT2D eigenvalue weighted by Crippen LogP contribution is 2.09. The largest absolute Gasteiger partial charge is 0.241 e. The van der Waals surface area contributed by atoms with Crippen molar-refractivity contribution in [2.75, 3.05) is 0 Å². The van der Waals surface area contributed by atoms with Gasteiger partial charge in [0.25, 0.3) is 0 Å². The van der Waals surface area contributed by atoms with Crippen LogP contribution in [0.1, 0.15) is 5.69 Å². The summed E-state index contributed by atoms with van der Waals surface area (Å²) in [5.41, 5.74) is 0.924. The van der Waals surface area contributed by atoms with Gasteiger partial charge in [0.2, 0.25) is 0 Å². The van der Waals surface area contributed by atoms with Crippen LogP contribution in [0.15, 0.2) is 4.60 Å². The van der Waals surface area contributed by atoms with E-state index in [0.717, 1.165) is 10.3 Å². The number of hydrogen-bond donors (Lipinski definition) is 0. The molecule has 0 amide bonds. The van der Waals surface area contributed by atoms with Gasteiger partial charge in [0.15, 0.2) is 0 Å². The van der Waals surface area contributed by atoms with Crippen LogP contribution in [-0.4, -0.2) is 15.0 Å². The fraction of sp³-hybridized carbons (Fsp3) is 0.500. The summed E-state index contributed by atoms with van der Waals surface area (Å²) in [6.07, 6.45) is 0. The van der Waals surface area contributed by atoms with E-state index in [0.29, 0.717) is 0 Å². The van der Waals surface area contributed by atoms with E-state index >= 15 is 0 Å². The molecule has 3 nitrogen and oxygen atoms in total. The van der Waals surface area contributed by atoms with Gasteiger partial charge in [0.05, 0.1) is 5.69 Å². The van der Waals surface area contributed by atoms with Crippen LogP contribution in [0.25, 0.3) is 0 Å². The molecular formula is C4H6BrN3. The molecule has 0 bridgehead atoms. The second-order valence-electron chi connectivity index (χ2n) is 1.59. The fourth-order valence-electron chi connectivity index (χ4n) is 0.449. The Morgan fingerprint density at radius 3 is 2.38 bits per heavy atom. The Hall–Kier alpha value is -0.380. The molecule has 0 aromatic carbocycles. The lowest BCUT2D eigenvalue weighted by atomic mass is 10.6. The van der Waals surface area contributed by atoms with E-state index in [1.165, 1.54) is 0 Å². The SMILES string of the molecule is Cc1nnn(C)c1Br. The van der Waals surface area contributed by atoms with Crippen molar-refractivity contribution in [3.63, 3.8) is 0 Å². The summed E-state index contributed by atoms with van der Waals surface area (Å²) in [4.78, 5) is 0. The summed E-state index contributed by atoms with van der Waals surface area (Å²) in [6, 6.07) is 0. The first-order valence-corrected chi connectivity index (χ1v) is 3.03. The Balaban J connectivity index is 3.19. The number of hydrogen-bond acceptors (Lipinski definition) is 2. The molecule has 0 saturated heterocycles. The summed E-state index contributed by atoms with van der Waals surface area (Å²) in [6.45, 7) is 1.90. The molecule has 1 heterocycles. The molecule has 44 valence electrons. The van der Waals surface area contributed by atoms with E-state index < -0.39 is 0 Å². The molecule has 4 heteroatoms. The van der Waals surface area contributed by atoms with Crippen molar-refractivity contribution in [1.29, 1.82) is 0 Å². The first-order chi connectivity index (χ1) is 3.72. The van der Waals surface area contributed by atoms with E-state index in [2.05, 4.69) is 26.2 Å². The first kappa shape index (κ1) is 5.75. The highest BCUT2D eigenvalue weighted by atomic mass is 79.9. The molecule has 0 radical (unpaired) electrons. The van der Waals surface area contributed by atoms with Gasteiger partial charge in [-0.3, -0.25) is 0 Å². The zero-order valence-corrected chi connectivity index (χ0v) is 6.31. The molecule has 0 aliphatic heterocycles. The summed E-state index contributed by atoms with van der Waals surface area (Å²) in [7, 11) is 1.84. The molecule has 0 spiro atoms. The van der Waals surface area contributed by atoms with Gasteiger partial charge >= 0.3 is 0 Å². The molecule has 1 rings (SSSR count). The standard InChI is InChI=1S/C4H6BrN3/c1-3-4(5)8(2)7-6-3/h1-2H3. The van der Waals surface area contributed by atoms with E-state index in [9.17, 15) is 0 Å².